The highest BCUT2D eigenvalue weighted by Gasteiger charge is 2.46. The molecule has 2 atom stereocenters. The lowest BCUT2D eigenvalue weighted by Crippen LogP contribution is -2.40. The molecule has 1 aliphatic heterocycles. The van der Waals surface area contributed by atoms with Crippen LogP contribution in [0.2, 0.25) is 0 Å². The van der Waals surface area contributed by atoms with Crippen molar-refractivity contribution < 1.29 is 19.4 Å². The second-order valence-corrected chi connectivity index (χ2v) is 8.39. The Kier molecular flexibility index (Phi) is 6.75. The van der Waals surface area contributed by atoms with Crippen LogP contribution in [-0.2, 0) is 11.3 Å². The smallest absolute Gasteiger partial charge is 0.328 e. The molecule has 3 aromatic rings. The third-order valence-electron chi connectivity index (χ3n) is 5.75. The van der Waals surface area contributed by atoms with Crippen molar-refractivity contribution in [3.8, 4) is 5.75 Å². The first-order valence-electron chi connectivity index (χ1n) is 11.0. The lowest BCUT2D eigenvalue weighted by Gasteiger charge is -2.22. The molecule has 33 heavy (non-hydrogen) atoms. The number of ether oxygens (including phenoxy) is 1. The number of aliphatic hydroxyl groups is 1. The summed E-state index contributed by atoms with van der Waals surface area (Å²) in [6.07, 6.45) is -1.01. The van der Waals surface area contributed by atoms with Gasteiger partial charge in [-0.3, -0.25) is 9.69 Å². The lowest BCUT2D eigenvalue weighted by molar-refractivity contribution is -0.129. The van der Waals surface area contributed by atoms with Crippen LogP contribution >= 0.6 is 0 Å². The number of rotatable bonds is 8. The van der Waals surface area contributed by atoms with Crippen LogP contribution in [0.15, 0.2) is 78.9 Å². The van der Waals surface area contributed by atoms with Crippen LogP contribution in [0.25, 0.3) is 0 Å². The fraction of sp³-hybridized carbons (Fsp3) is 0.259. The summed E-state index contributed by atoms with van der Waals surface area (Å²) in [4.78, 5) is 29.3. The van der Waals surface area contributed by atoms with E-state index in [-0.39, 0.29) is 19.1 Å². The number of nitrogens with zero attached hydrogens (tertiary/aromatic N) is 2. The summed E-state index contributed by atoms with van der Waals surface area (Å²) in [7, 11) is 0. The Labute approximate surface area is 194 Å². The molecule has 170 valence electrons. The van der Waals surface area contributed by atoms with Gasteiger partial charge >= 0.3 is 6.03 Å². The SMILES string of the molecule is Cc1ccc(OCC(O)CN2C(=O)C(c3ccccc3)N(Cc3ccccc3)C2=O)c(C)c1. The normalized spacial score (nSPS) is 16.9. The van der Waals surface area contributed by atoms with E-state index in [1.165, 1.54) is 0 Å². The van der Waals surface area contributed by atoms with E-state index in [0.29, 0.717) is 12.3 Å². The summed E-state index contributed by atoms with van der Waals surface area (Å²) < 4.78 is 5.76. The number of aliphatic hydroxyl groups excluding tert-OH is 1. The van der Waals surface area contributed by atoms with Gasteiger partial charge in [0.2, 0.25) is 0 Å². The minimum Gasteiger partial charge on any atom is -0.491 e. The molecule has 4 rings (SSSR count). The summed E-state index contributed by atoms with van der Waals surface area (Å²) in [6.45, 7) is 4.10. The Morgan fingerprint density at radius 1 is 0.939 bits per heavy atom. The standard InChI is InChI=1S/C27H28N2O4/c1-19-13-14-24(20(2)15-19)33-18-23(30)17-29-26(31)25(22-11-7-4-8-12-22)28(27(29)32)16-21-9-5-3-6-10-21/h3-15,23,25,30H,16-18H2,1-2H3. The molecular formula is C27H28N2O4. The Balaban J connectivity index is 1.50. The fourth-order valence-electron chi connectivity index (χ4n) is 4.12. The van der Waals surface area contributed by atoms with Crippen LogP contribution in [0.1, 0.15) is 28.3 Å². The van der Waals surface area contributed by atoms with Crippen molar-refractivity contribution in [2.75, 3.05) is 13.2 Å². The number of amides is 3. The predicted molar refractivity (Wildman–Crippen MR) is 126 cm³/mol. The molecule has 0 spiro atoms. The third-order valence-corrected chi connectivity index (χ3v) is 5.75. The summed E-state index contributed by atoms with van der Waals surface area (Å²) >= 11 is 0. The molecule has 1 aliphatic rings. The van der Waals surface area contributed by atoms with E-state index in [1.54, 1.807) is 4.90 Å². The van der Waals surface area contributed by atoms with Gasteiger partial charge in [0.15, 0.2) is 0 Å². The third kappa shape index (κ3) is 5.07. The topological polar surface area (TPSA) is 70.1 Å². The van der Waals surface area contributed by atoms with Crippen molar-refractivity contribution in [2.24, 2.45) is 0 Å². The van der Waals surface area contributed by atoms with Crippen LogP contribution in [0.3, 0.4) is 0 Å². The molecule has 1 fully saturated rings. The van der Waals surface area contributed by atoms with E-state index >= 15 is 0 Å². The molecule has 1 saturated heterocycles. The Morgan fingerprint density at radius 2 is 1.61 bits per heavy atom. The van der Waals surface area contributed by atoms with Crippen LogP contribution in [0, 0.1) is 13.8 Å². The van der Waals surface area contributed by atoms with E-state index in [9.17, 15) is 14.7 Å². The van der Waals surface area contributed by atoms with Gasteiger partial charge in [-0.15, -0.1) is 0 Å². The second-order valence-electron chi connectivity index (χ2n) is 8.39. The molecule has 3 amide bonds. The zero-order valence-corrected chi connectivity index (χ0v) is 18.8. The minimum absolute atomic E-state index is 0.0182. The van der Waals surface area contributed by atoms with Crippen LogP contribution < -0.4 is 4.74 Å². The van der Waals surface area contributed by atoms with Crippen molar-refractivity contribution in [1.29, 1.82) is 0 Å². The van der Waals surface area contributed by atoms with E-state index < -0.39 is 18.2 Å². The number of benzene rings is 3. The van der Waals surface area contributed by atoms with E-state index in [0.717, 1.165) is 27.2 Å². The maximum Gasteiger partial charge on any atom is 0.328 e. The van der Waals surface area contributed by atoms with Crippen molar-refractivity contribution >= 4 is 11.9 Å². The largest absolute Gasteiger partial charge is 0.491 e. The van der Waals surface area contributed by atoms with Gasteiger partial charge in [-0.1, -0.05) is 78.4 Å². The van der Waals surface area contributed by atoms with Crippen LogP contribution in [0.5, 0.6) is 5.75 Å². The molecule has 6 heteroatoms. The molecule has 0 aliphatic carbocycles. The van der Waals surface area contributed by atoms with Crippen molar-refractivity contribution in [3.05, 3.63) is 101 Å². The number of carbonyl (C=O) groups excluding carboxylic acids is 2. The van der Waals surface area contributed by atoms with E-state index in [2.05, 4.69) is 0 Å². The average Bonchev–Trinajstić information content (AvgIpc) is 3.04. The molecule has 0 aromatic heterocycles. The summed E-state index contributed by atoms with van der Waals surface area (Å²) in [6, 6.07) is 23.5. The predicted octanol–water partition coefficient (Wildman–Crippen LogP) is 4.25. The first kappa shape index (κ1) is 22.6. The second kappa shape index (κ2) is 9.88. The van der Waals surface area contributed by atoms with Gasteiger partial charge in [-0.05, 0) is 36.6 Å². The van der Waals surface area contributed by atoms with Gasteiger partial charge in [0.1, 0.15) is 24.5 Å². The number of hydrogen-bond donors (Lipinski definition) is 1. The molecular weight excluding hydrogens is 416 g/mol. The highest BCUT2D eigenvalue weighted by Crippen LogP contribution is 2.32. The van der Waals surface area contributed by atoms with Crippen LogP contribution in [0.4, 0.5) is 4.79 Å². The zero-order chi connectivity index (χ0) is 23.4. The molecule has 3 aromatic carbocycles. The number of β-amino-alcohol motifs (C(OH)–C–C–N with tert-alkyl or cyclic N) is 1. The van der Waals surface area contributed by atoms with Gasteiger partial charge < -0.3 is 14.7 Å². The minimum atomic E-state index is -1.01. The molecule has 2 unspecified atom stereocenters. The maximum absolute atomic E-state index is 13.3. The number of urea groups is 1. The number of carbonyl (C=O) groups is 2. The first-order valence-corrected chi connectivity index (χ1v) is 11.0. The van der Waals surface area contributed by atoms with Crippen molar-refractivity contribution in [2.45, 2.75) is 32.5 Å². The maximum atomic E-state index is 13.3. The molecule has 6 nitrogen and oxygen atoms in total. The van der Waals surface area contributed by atoms with E-state index in [4.69, 9.17) is 4.74 Å². The monoisotopic (exact) mass is 444 g/mol. The van der Waals surface area contributed by atoms with Crippen molar-refractivity contribution in [3.63, 3.8) is 0 Å². The van der Waals surface area contributed by atoms with Crippen molar-refractivity contribution in [1.82, 2.24) is 9.80 Å². The molecule has 0 bridgehead atoms. The lowest BCUT2D eigenvalue weighted by atomic mass is 10.1. The summed E-state index contributed by atoms with van der Waals surface area (Å²) in [5.41, 5.74) is 3.77. The highest BCUT2D eigenvalue weighted by molar-refractivity contribution is 6.04. The van der Waals surface area contributed by atoms with Gasteiger partial charge in [-0.2, -0.15) is 0 Å². The van der Waals surface area contributed by atoms with E-state index in [1.807, 2.05) is 92.7 Å². The highest BCUT2D eigenvalue weighted by atomic mass is 16.5. The summed E-state index contributed by atoms with van der Waals surface area (Å²) in [5, 5.41) is 10.6. The van der Waals surface area contributed by atoms with Gasteiger partial charge in [0.05, 0.1) is 6.54 Å². The number of imide groups is 1. The quantitative estimate of drug-likeness (QED) is 0.528. The molecule has 0 saturated carbocycles. The van der Waals surface area contributed by atoms with Crippen LogP contribution in [-0.4, -0.2) is 46.1 Å². The molecule has 0 radical (unpaired) electrons. The zero-order valence-electron chi connectivity index (χ0n) is 18.8. The number of aryl methyl sites for hydroxylation is 2. The Hall–Kier alpha value is -3.64. The van der Waals surface area contributed by atoms with Gasteiger partial charge in [0.25, 0.3) is 5.91 Å². The first-order chi connectivity index (χ1) is 15.9. The Morgan fingerprint density at radius 3 is 2.27 bits per heavy atom. The summed E-state index contributed by atoms with van der Waals surface area (Å²) in [5.74, 6) is 0.333. The number of hydrogen-bond acceptors (Lipinski definition) is 4. The molecule has 1 heterocycles. The Bertz CT molecular complexity index is 1120. The van der Waals surface area contributed by atoms with Gasteiger partial charge in [-0.25, -0.2) is 4.79 Å². The van der Waals surface area contributed by atoms with Gasteiger partial charge in [0, 0.05) is 6.54 Å². The average molecular weight is 445 g/mol. The molecule has 1 N–H and O–H groups in total. The fourth-order valence-corrected chi connectivity index (χ4v) is 4.12.